The number of aliphatic carboxylic acids is 1. The van der Waals surface area contributed by atoms with E-state index in [1.807, 2.05) is 13.8 Å². The van der Waals surface area contributed by atoms with Crippen molar-refractivity contribution in [3.8, 4) is 5.75 Å². The second kappa shape index (κ2) is 8.80. The third-order valence-electron chi connectivity index (χ3n) is 2.40. The molecule has 0 saturated heterocycles. The summed E-state index contributed by atoms with van der Waals surface area (Å²) in [5.41, 5.74) is 0.513. The molecule has 1 aromatic carbocycles. The number of carbonyl (C=O) groups excluding carboxylic acids is 1. The zero-order valence-corrected chi connectivity index (χ0v) is 12.1. The normalized spacial score (nSPS) is 11.5. The summed E-state index contributed by atoms with van der Waals surface area (Å²) in [6.07, 6.45) is 0. The van der Waals surface area contributed by atoms with Gasteiger partial charge in [-0.15, -0.1) is 0 Å². The monoisotopic (exact) mass is 296 g/mol. The average Bonchev–Trinajstić information content (AvgIpc) is 2.43. The van der Waals surface area contributed by atoms with Crippen LogP contribution in [0.5, 0.6) is 5.75 Å². The molecule has 0 radical (unpaired) electrons. The number of hydrogen-bond acceptors (Lipinski definition) is 4. The number of anilines is 1. The lowest BCUT2D eigenvalue weighted by molar-refractivity contribution is -0.139. The van der Waals surface area contributed by atoms with Crippen LogP contribution in [-0.2, 0) is 9.53 Å². The highest BCUT2D eigenvalue weighted by Crippen LogP contribution is 2.17. The first kappa shape index (κ1) is 16.8. The van der Waals surface area contributed by atoms with Gasteiger partial charge >= 0.3 is 12.0 Å². The molecular formula is C14H20N2O5. The van der Waals surface area contributed by atoms with E-state index in [1.165, 1.54) is 0 Å². The first-order chi connectivity index (χ1) is 10.0. The van der Waals surface area contributed by atoms with Crippen LogP contribution in [-0.4, -0.2) is 43.0 Å². The lowest BCUT2D eigenvalue weighted by atomic mass is 10.3. The van der Waals surface area contributed by atoms with Gasteiger partial charge in [-0.05, 0) is 26.0 Å². The maximum absolute atomic E-state index is 11.8. The molecule has 0 aliphatic carbocycles. The number of benzene rings is 1. The minimum Gasteiger partial charge on any atom is -0.482 e. The van der Waals surface area contributed by atoms with Crippen LogP contribution in [0.4, 0.5) is 10.5 Å². The fourth-order valence-corrected chi connectivity index (χ4v) is 1.54. The molecule has 0 heterocycles. The van der Waals surface area contributed by atoms with Gasteiger partial charge in [-0.1, -0.05) is 6.07 Å². The van der Waals surface area contributed by atoms with Gasteiger partial charge in [0, 0.05) is 18.4 Å². The summed E-state index contributed by atoms with van der Waals surface area (Å²) in [4.78, 5) is 22.2. The van der Waals surface area contributed by atoms with E-state index in [9.17, 15) is 9.59 Å². The number of nitrogens with one attached hydrogen (secondary N) is 2. The molecule has 7 nitrogen and oxygen atoms in total. The van der Waals surface area contributed by atoms with Crippen LogP contribution in [0.1, 0.15) is 13.8 Å². The van der Waals surface area contributed by atoms with Crippen molar-refractivity contribution in [2.75, 3.05) is 25.1 Å². The van der Waals surface area contributed by atoms with Crippen LogP contribution in [0.15, 0.2) is 24.3 Å². The second-order valence-corrected chi connectivity index (χ2v) is 4.37. The molecule has 7 heteroatoms. The topological polar surface area (TPSA) is 96.9 Å². The molecule has 1 rings (SSSR count). The Bertz CT molecular complexity index is 478. The molecule has 116 valence electrons. The number of rotatable bonds is 8. The number of carbonyl (C=O) groups is 2. The quantitative estimate of drug-likeness (QED) is 0.678. The highest BCUT2D eigenvalue weighted by Gasteiger charge is 2.08. The van der Waals surface area contributed by atoms with Crippen LogP contribution in [0.25, 0.3) is 0 Å². The fourth-order valence-electron chi connectivity index (χ4n) is 1.54. The van der Waals surface area contributed by atoms with Gasteiger partial charge in [0.25, 0.3) is 0 Å². The Hall–Kier alpha value is -2.28. The van der Waals surface area contributed by atoms with Crippen LogP contribution in [0, 0.1) is 0 Å². The predicted molar refractivity (Wildman–Crippen MR) is 77.7 cm³/mol. The van der Waals surface area contributed by atoms with Crippen molar-refractivity contribution >= 4 is 17.7 Å². The van der Waals surface area contributed by atoms with Gasteiger partial charge < -0.3 is 25.2 Å². The predicted octanol–water partition coefficient (Wildman–Crippen LogP) is 1.70. The van der Waals surface area contributed by atoms with E-state index < -0.39 is 12.6 Å². The fraction of sp³-hybridized carbons (Fsp3) is 0.429. The molecule has 1 atom stereocenters. The SMILES string of the molecule is CCOCC(C)NC(=O)Nc1cccc(OCC(=O)O)c1. The minimum absolute atomic E-state index is 0.114. The third-order valence-corrected chi connectivity index (χ3v) is 2.40. The molecule has 0 spiro atoms. The maximum atomic E-state index is 11.8. The zero-order chi connectivity index (χ0) is 15.7. The lowest BCUT2D eigenvalue weighted by Gasteiger charge is -2.14. The molecule has 1 aromatic rings. The number of ether oxygens (including phenoxy) is 2. The summed E-state index contributed by atoms with van der Waals surface area (Å²) in [7, 11) is 0. The van der Waals surface area contributed by atoms with E-state index in [2.05, 4.69) is 10.6 Å². The first-order valence-corrected chi connectivity index (χ1v) is 6.61. The van der Waals surface area contributed by atoms with Crippen LogP contribution >= 0.6 is 0 Å². The van der Waals surface area contributed by atoms with Crippen molar-refractivity contribution in [3.05, 3.63) is 24.3 Å². The van der Waals surface area contributed by atoms with Crippen molar-refractivity contribution in [2.24, 2.45) is 0 Å². The minimum atomic E-state index is -1.06. The van der Waals surface area contributed by atoms with Gasteiger partial charge in [-0.25, -0.2) is 9.59 Å². The first-order valence-electron chi connectivity index (χ1n) is 6.61. The number of carboxylic acid groups (broad SMARTS) is 1. The van der Waals surface area contributed by atoms with E-state index in [4.69, 9.17) is 14.6 Å². The Morgan fingerprint density at radius 3 is 2.81 bits per heavy atom. The summed E-state index contributed by atoms with van der Waals surface area (Å²) in [6.45, 7) is 4.32. The summed E-state index contributed by atoms with van der Waals surface area (Å²) in [5, 5.41) is 13.9. The van der Waals surface area contributed by atoms with Gasteiger partial charge in [0.2, 0.25) is 0 Å². The Labute approximate surface area is 123 Å². The third kappa shape index (κ3) is 7.17. The average molecular weight is 296 g/mol. The molecule has 0 bridgehead atoms. The van der Waals surface area contributed by atoms with Gasteiger partial charge in [-0.2, -0.15) is 0 Å². The maximum Gasteiger partial charge on any atom is 0.341 e. The Morgan fingerprint density at radius 2 is 2.14 bits per heavy atom. The highest BCUT2D eigenvalue weighted by atomic mass is 16.5. The molecule has 3 N–H and O–H groups in total. The largest absolute Gasteiger partial charge is 0.482 e. The van der Waals surface area contributed by atoms with Crippen molar-refractivity contribution in [1.29, 1.82) is 0 Å². The second-order valence-electron chi connectivity index (χ2n) is 4.37. The molecule has 2 amide bonds. The standard InChI is InChI=1S/C14H20N2O5/c1-3-20-8-10(2)15-14(19)16-11-5-4-6-12(7-11)21-9-13(17)18/h4-7,10H,3,8-9H2,1-2H3,(H,17,18)(H2,15,16,19). The Balaban J connectivity index is 2.48. The van der Waals surface area contributed by atoms with Crippen molar-refractivity contribution in [1.82, 2.24) is 5.32 Å². The Morgan fingerprint density at radius 1 is 1.38 bits per heavy atom. The van der Waals surface area contributed by atoms with Gasteiger partial charge in [0.15, 0.2) is 6.61 Å². The van der Waals surface area contributed by atoms with Crippen LogP contribution < -0.4 is 15.4 Å². The van der Waals surface area contributed by atoms with Crippen molar-refractivity contribution in [2.45, 2.75) is 19.9 Å². The molecular weight excluding hydrogens is 276 g/mol. The smallest absolute Gasteiger partial charge is 0.341 e. The van der Waals surface area contributed by atoms with E-state index in [1.54, 1.807) is 24.3 Å². The zero-order valence-electron chi connectivity index (χ0n) is 12.1. The van der Waals surface area contributed by atoms with Gasteiger partial charge in [-0.3, -0.25) is 0 Å². The van der Waals surface area contributed by atoms with Crippen molar-refractivity contribution < 1.29 is 24.2 Å². The number of carboxylic acids is 1. The van der Waals surface area contributed by atoms with Crippen LogP contribution in [0.3, 0.4) is 0 Å². The number of urea groups is 1. The molecule has 0 aliphatic rings. The van der Waals surface area contributed by atoms with Crippen molar-refractivity contribution in [3.63, 3.8) is 0 Å². The van der Waals surface area contributed by atoms with E-state index in [-0.39, 0.29) is 12.1 Å². The summed E-state index contributed by atoms with van der Waals surface area (Å²) < 4.78 is 10.2. The Kier molecular flexibility index (Phi) is 7.03. The lowest BCUT2D eigenvalue weighted by Crippen LogP contribution is -2.38. The summed E-state index contributed by atoms with van der Waals surface area (Å²) >= 11 is 0. The van der Waals surface area contributed by atoms with E-state index in [0.717, 1.165) is 0 Å². The van der Waals surface area contributed by atoms with Crippen LogP contribution in [0.2, 0.25) is 0 Å². The van der Waals surface area contributed by atoms with Gasteiger partial charge in [0.1, 0.15) is 5.75 Å². The number of amides is 2. The summed E-state index contributed by atoms with van der Waals surface area (Å²) in [5.74, 6) is -0.687. The van der Waals surface area contributed by atoms with E-state index >= 15 is 0 Å². The number of hydrogen-bond donors (Lipinski definition) is 3. The molecule has 0 fully saturated rings. The molecule has 0 aliphatic heterocycles. The van der Waals surface area contributed by atoms with Gasteiger partial charge in [0.05, 0.1) is 12.6 Å². The highest BCUT2D eigenvalue weighted by molar-refractivity contribution is 5.89. The molecule has 0 saturated carbocycles. The molecule has 0 aromatic heterocycles. The van der Waals surface area contributed by atoms with E-state index in [0.29, 0.717) is 24.7 Å². The molecule has 21 heavy (non-hydrogen) atoms. The molecule has 1 unspecified atom stereocenters. The summed E-state index contributed by atoms with van der Waals surface area (Å²) in [6, 6.07) is 6.03.